The highest BCUT2D eigenvalue weighted by molar-refractivity contribution is 5.80. The van der Waals surface area contributed by atoms with Crippen LogP contribution in [-0.4, -0.2) is 28.8 Å². The van der Waals surface area contributed by atoms with Crippen LogP contribution < -0.4 is 0 Å². The second kappa shape index (κ2) is 3.17. The van der Waals surface area contributed by atoms with E-state index < -0.39 is 0 Å². The number of likely N-dealkylation sites (tertiary alicyclic amines) is 1. The van der Waals surface area contributed by atoms with Gasteiger partial charge in [0, 0.05) is 31.0 Å². The van der Waals surface area contributed by atoms with Gasteiger partial charge in [0.2, 0.25) is 0 Å². The molecule has 0 unspecified atom stereocenters. The van der Waals surface area contributed by atoms with Gasteiger partial charge in [0.15, 0.2) is 0 Å². The van der Waals surface area contributed by atoms with Crippen molar-refractivity contribution in [3.63, 3.8) is 0 Å². The number of carbonyl (C=O) groups excluding carboxylic acids is 1. The highest BCUT2D eigenvalue weighted by Crippen LogP contribution is 2.26. The van der Waals surface area contributed by atoms with Crippen LogP contribution in [0.25, 0.3) is 0 Å². The Balaban J connectivity index is 2.70. The van der Waals surface area contributed by atoms with E-state index in [9.17, 15) is 4.79 Å². The number of rotatable bonds is 1. The van der Waals surface area contributed by atoms with Gasteiger partial charge < -0.3 is 0 Å². The fourth-order valence-corrected chi connectivity index (χ4v) is 2.18. The summed E-state index contributed by atoms with van der Waals surface area (Å²) >= 11 is 0. The molecule has 2 heteroatoms. The first-order chi connectivity index (χ1) is 5.43. The second-order valence-corrected chi connectivity index (χ2v) is 4.57. The maximum Gasteiger partial charge on any atom is 0.136 e. The zero-order valence-corrected chi connectivity index (χ0v) is 8.55. The number of hydrogen-bond donors (Lipinski definition) is 0. The van der Waals surface area contributed by atoms with Crippen molar-refractivity contribution >= 4 is 5.78 Å². The number of piperidine rings is 1. The lowest BCUT2D eigenvalue weighted by molar-refractivity contribution is -0.126. The minimum Gasteiger partial charge on any atom is -0.300 e. The standard InChI is InChI=1S/C10H19NO/c1-8(2)11-6-5-9(12)7-10(11,3)4/h8H,5-7H2,1-4H3. The Morgan fingerprint density at radius 1 is 1.42 bits per heavy atom. The smallest absolute Gasteiger partial charge is 0.136 e. The van der Waals surface area contributed by atoms with Gasteiger partial charge in [-0.05, 0) is 27.7 Å². The van der Waals surface area contributed by atoms with Gasteiger partial charge in [0.1, 0.15) is 5.78 Å². The average Bonchev–Trinajstić information content (AvgIpc) is 1.82. The first-order valence-electron chi connectivity index (χ1n) is 4.72. The van der Waals surface area contributed by atoms with Crippen LogP contribution in [0.2, 0.25) is 0 Å². The zero-order valence-electron chi connectivity index (χ0n) is 8.55. The van der Waals surface area contributed by atoms with Crippen molar-refractivity contribution in [1.29, 1.82) is 0 Å². The average molecular weight is 169 g/mol. The summed E-state index contributed by atoms with van der Waals surface area (Å²) in [6.45, 7) is 9.63. The Labute approximate surface area is 74.9 Å². The van der Waals surface area contributed by atoms with Crippen LogP contribution in [0, 0.1) is 0 Å². The molecule has 1 heterocycles. The largest absolute Gasteiger partial charge is 0.300 e. The molecule has 0 aromatic rings. The summed E-state index contributed by atoms with van der Waals surface area (Å²) in [4.78, 5) is 13.6. The Morgan fingerprint density at radius 3 is 2.42 bits per heavy atom. The Bertz CT molecular complexity index is 184. The van der Waals surface area contributed by atoms with Crippen LogP contribution in [0.15, 0.2) is 0 Å². The lowest BCUT2D eigenvalue weighted by atomic mass is 9.88. The Morgan fingerprint density at radius 2 is 2.00 bits per heavy atom. The van der Waals surface area contributed by atoms with Crippen LogP contribution >= 0.6 is 0 Å². The van der Waals surface area contributed by atoms with E-state index in [1.807, 2.05) is 0 Å². The van der Waals surface area contributed by atoms with E-state index in [4.69, 9.17) is 0 Å². The van der Waals surface area contributed by atoms with Crippen molar-refractivity contribution in [3.8, 4) is 0 Å². The van der Waals surface area contributed by atoms with E-state index >= 15 is 0 Å². The van der Waals surface area contributed by atoms with Crippen molar-refractivity contribution in [2.24, 2.45) is 0 Å². The van der Waals surface area contributed by atoms with E-state index in [2.05, 4.69) is 32.6 Å². The summed E-state index contributed by atoms with van der Waals surface area (Å²) in [5, 5.41) is 0. The molecule has 12 heavy (non-hydrogen) atoms. The van der Waals surface area contributed by atoms with Gasteiger partial charge in [-0.25, -0.2) is 0 Å². The molecule has 0 aromatic heterocycles. The fourth-order valence-electron chi connectivity index (χ4n) is 2.18. The molecule has 2 nitrogen and oxygen atoms in total. The molecular weight excluding hydrogens is 150 g/mol. The van der Waals surface area contributed by atoms with Crippen LogP contribution in [-0.2, 0) is 4.79 Å². The summed E-state index contributed by atoms with van der Waals surface area (Å²) in [6.07, 6.45) is 1.45. The molecule has 0 atom stereocenters. The molecule has 0 spiro atoms. The number of nitrogens with zero attached hydrogens (tertiary/aromatic N) is 1. The van der Waals surface area contributed by atoms with Gasteiger partial charge in [-0.1, -0.05) is 0 Å². The molecule has 0 saturated carbocycles. The Kier molecular flexibility index (Phi) is 2.57. The molecule has 0 aromatic carbocycles. The lowest BCUT2D eigenvalue weighted by Crippen LogP contribution is -2.53. The molecule has 1 saturated heterocycles. The molecule has 0 N–H and O–H groups in total. The summed E-state index contributed by atoms with van der Waals surface area (Å²) in [5.41, 5.74) is 0.0729. The summed E-state index contributed by atoms with van der Waals surface area (Å²) in [5.74, 6) is 0.414. The third-order valence-electron chi connectivity index (χ3n) is 2.66. The van der Waals surface area contributed by atoms with E-state index in [1.165, 1.54) is 0 Å². The minimum atomic E-state index is 0.0729. The number of Topliss-reactive ketones (excluding diaryl/α,β-unsaturated/α-hetero) is 1. The topological polar surface area (TPSA) is 20.3 Å². The molecule has 1 aliphatic heterocycles. The van der Waals surface area contributed by atoms with Crippen molar-refractivity contribution in [3.05, 3.63) is 0 Å². The maximum atomic E-state index is 11.2. The summed E-state index contributed by atoms with van der Waals surface area (Å²) in [7, 11) is 0. The normalized spacial score (nSPS) is 24.9. The number of carbonyl (C=O) groups is 1. The fraction of sp³-hybridized carbons (Fsp3) is 0.900. The van der Waals surface area contributed by atoms with E-state index in [0.29, 0.717) is 18.2 Å². The maximum absolute atomic E-state index is 11.2. The van der Waals surface area contributed by atoms with Crippen LogP contribution in [0.1, 0.15) is 40.5 Å². The molecule has 70 valence electrons. The molecule has 1 fully saturated rings. The zero-order chi connectivity index (χ0) is 9.35. The summed E-state index contributed by atoms with van der Waals surface area (Å²) in [6, 6.07) is 0.549. The molecule has 0 radical (unpaired) electrons. The van der Waals surface area contributed by atoms with Crippen molar-refractivity contribution in [2.75, 3.05) is 6.54 Å². The Hall–Kier alpha value is -0.370. The van der Waals surface area contributed by atoms with Gasteiger partial charge in [-0.3, -0.25) is 9.69 Å². The molecule has 0 amide bonds. The van der Waals surface area contributed by atoms with E-state index in [1.54, 1.807) is 0 Å². The van der Waals surface area contributed by atoms with Gasteiger partial charge in [-0.15, -0.1) is 0 Å². The highest BCUT2D eigenvalue weighted by Gasteiger charge is 2.34. The van der Waals surface area contributed by atoms with Crippen LogP contribution in [0.5, 0.6) is 0 Å². The number of ketones is 1. The van der Waals surface area contributed by atoms with Crippen LogP contribution in [0.4, 0.5) is 0 Å². The van der Waals surface area contributed by atoms with Crippen molar-refractivity contribution in [2.45, 2.75) is 52.1 Å². The SMILES string of the molecule is CC(C)N1CCC(=O)CC1(C)C. The van der Waals surface area contributed by atoms with Gasteiger partial charge in [0.05, 0.1) is 0 Å². The quantitative estimate of drug-likeness (QED) is 0.597. The molecule has 1 rings (SSSR count). The molecule has 1 aliphatic rings. The highest BCUT2D eigenvalue weighted by atomic mass is 16.1. The molecule has 0 aliphatic carbocycles. The van der Waals surface area contributed by atoms with Crippen LogP contribution in [0.3, 0.4) is 0 Å². The van der Waals surface area contributed by atoms with E-state index in [0.717, 1.165) is 13.0 Å². The molecule has 0 bridgehead atoms. The van der Waals surface area contributed by atoms with Gasteiger partial charge in [-0.2, -0.15) is 0 Å². The third kappa shape index (κ3) is 1.86. The monoisotopic (exact) mass is 169 g/mol. The van der Waals surface area contributed by atoms with Gasteiger partial charge >= 0.3 is 0 Å². The molecular formula is C10H19NO. The lowest BCUT2D eigenvalue weighted by Gasteiger charge is -2.44. The minimum absolute atomic E-state index is 0.0729. The predicted octanol–water partition coefficient (Wildman–Crippen LogP) is 1.84. The van der Waals surface area contributed by atoms with Gasteiger partial charge in [0.25, 0.3) is 0 Å². The first-order valence-corrected chi connectivity index (χ1v) is 4.72. The third-order valence-corrected chi connectivity index (χ3v) is 2.66. The van der Waals surface area contributed by atoms with Crippen molar-refractivity contribution < 1.29 is 4.79 Å². The first kappa shape index (κ1) is 9.72. The second-order valence-electron chi connectivity index (χ2n) is 4.57. The number of hydrogen-bond acceptors (Lipinski definition) is 2. The van der Waals surface area contributed by atoms with E-state index in [-0.39, 0.29) is 5.54 Å². The predicted molar refractivity (Wildman–Crippen MR) is 50.2 cm³/mol. The van der Waals surface area contributed by atoms with Crippen molar-refractivity contribution in [1.82, 2.24) is 4.90 Å². The summed E-state index contributed by atoms with van der Waals surface area (Å²) < 4.78 is 0.